The molecule has 11 heavy (non-hydrogen) atoms. The summed E-state index contributed by atoms with van der Waals surface area (Å²) >= 11 is 0. The Morgan fingerprint density at radius 3 is 3.00 bits per heavy atom. The van der Waals surface area contributed by atoms with Gasteiger partial charge in [-0.15, -0.1) is 0 Å². The molecule has 0 amide bonds. The molecule has 0 bridgehead atoms. The molecular weight excluding hydrogens is 140 g/mol. The van der Waals surface area contributed by atoms with Crippen LogP contribution in [-0.2, 0) is 0 Å². The minimum atomic E-state index is 0.123. The first-order valence-corrected chi connectivity index (χ1v) is 4.17. The zero-order chi connectivity index (χ0) is 8.27. The molecule has 1 aliphatic heterocycles. The first kappa shape index (κ1) is 8.93. The van der Waals surface area contributed by atoms with E-state index in [0.29, 0.717) is 12.6 Å². The summed E-state index contributed by atoms with van der Waals surface area (Å²) in [6.45, 7) is 5.81. The van der Waals surface area contributed by atoms with E-state index in [0.717, 1.165) is 19.6 Å². The molecule has 1 heterocycles. The number of rotatable bonds is 2. The third-order valence-corrected chi connectivity index (χ3v) is 2.20. The fraction of sp³-hybridized carbons (Fsp3) is 1.00. The van der Waals surface area contributed by atoms with E-state index in [2.05, 4.69) is 17.1 Å². The van der Waals surface area contributed by atoms with Crippen molar-refractivity contribution < 1.29 is 0 Å². The van der Waals surface area contributed by atoms with Gasteiger partial charge in [0.05, 0.1) is 6.17 Å². The molecule has 1 saturated heterocycles. The molecule has 5 N–H and O–H groups in total. The van der Waals surface area contributed by atoms with E-state index in [1.54, 1.807) is 0 Å². The second-order valence-electron chi connectivity index (χ2n) is 3.14. The fourth-order valence-corrected chi connectivity index (χ4v) is 1.35. The maximum absolute atomic E-state index is 5.72. The predicted octanol–water partition coefficient (Wildman–Crippen LogP) is -1.48. The van der Waals surface area contributed by atoms with Crippen molar-refractivity contribution in [3.05, 3.63) is 0 Å². The standard InChI is InChI=1S/C7H18N4/c1-6(4-8)11-3-2-10-7(9)5-11/h6-7,10H,2-5,8-9H2,1H3. The van der Waals surface area contributed by atoms with E-state index in [9.17, 15) is 0 Å². The average molecular weight is 158 g/mol. The fourth-order valence-electron chi connectivity index (χ4n) is 1.35. The maximum Gasteiger partial charge on any atom is 0.0678 e. The molecule has 1 aliphatic rings. The summed E-state index contributed by atoms with van der Waals surface area (Å²) < 4.78 is 0. The topological polar surface area (TPSA) is 67.3 Å². The van der Waals surface area contributed by atoms with Gasteiger partial charge >= 0.3 is 0 Å². The Kier molecular flexibility index (Phi) is 3.26. The van der Waals surface area contributed by atoms with Crippen LogP contribution in [0.1, 0.15) is 6.92 Å². The summed E-state index contributed by atoms with van der Waals surface area (Å²) in [6, 6.07) is 0.461. The largest absolute Gasteiger partial charge is 0.329 e. The average Bonchev–Trinajstić information content (AvgIpc) is 2.03. The van der Waals surface area contributed by atoms with Crippen molar-refractivity contribution in [1.82, 2.24) is 10.2 Å². The lowest BCUT2D eigenvalue weighted by Gasteiger charge is -2.35. The molecule has 0 aromatic rings. The Labute approximate surface area is 67.9 Å². The van der Waals surface area contributed by atoms with Crippen LogP contribution in [-0.4, -0.2) is 43.3 Å². The number of nitrogens with two attached hydrogens (primary N) is 2. The van der Waals surface area contributed by atoms with Crippen LogP contribution in [0.5, 0.6) is 0 Å². The minimum Gasteiger partial charge on any atom is -0.329 e. The van der Waals surface area contributed by atoms with Crippen LogP contribution in [0.25, 0.3) is 0 Å². The van der Waals surface area contributed by atoms with E-state index < -0.39 is 0 Å². The Morgan fingerprint density at radius 2 is 2.45 bits per heavy atom. The molecular formula is C7H18N4. The van der Waals surface area contributed by atoms with E-state index in [1.807, 2.05) is 0 Å². The van der Waals surface area contributed by atoms with Crippen LogP contribution in [0.4, 0.5) is 0 Å². The number of piperazine rings is 1. The van der Waals surface area contributed by atoms with E-state index in [1.165, 1.54) is 0 Å². The van der Waals surface area contributed by atoms with Crippen molar-refractivity contribution in [3.8, 4) is 0 Å². The third-order valence-electron chi connectivity index (χ3n) is 2.20. The smallest absolute Gasteiger partial charge is 0.0678 e. The molecule has 1 rings (SSSR count). The highest BCUT2D eigenvalue weighted by Crippen LogP contribution is 2.00. The van der Waals surface area contributed by atoms with Crippen molar-refractivity contribution >= 4 is 0 Å². The van der Waals surface area contributed by atoms with Crippen LogP contribution in [0.2, 0.25) is 0 Å². The van der Waals surface area contributed by atoms with Gasteiger partial charge in [-0.05, 0) is 6.92 Å². The number of hydrogen-bond acceptors (Lipinski definition) is 4. The number of hydrogen-bond donors (Lipinski definition) is 3. The van der Waals surface area contributed by atoms with Crippen molar-refractivity contribution in [1.29, 1.82) is 0 Å². The highest BCUT2D eigenvalue weighted by molar-refractivity contribution is 4.78. The molecule has 0 radical (unpaired) electrons. The van der Waals surface area contributed by atoms with E-state index in [4.69, 9.17) is 11.5 Å². The van der Waals surface area contributed by atoms with Gasteiger partial charge in [-0.25, -0.2) is 0 Å². The molecule has 1 fully saturated rings. The predicted molar refractivity (Wildman–Crippen MR) is 46.1 cm³/mol. The summed E-state index contributed by atoms with van der Waals surface area (Å²) in [7, 11) is 0. The van der Waals surface area contributed by atoms with Gasteiger partial charge in [-0.3, -0.25) is 10.2 Å². The Balaban J connectivity index is 2.33. The number of nitrogens with one attached hydrogen (secondary N) is 1. The van der Waals surface area contributed by atoms with Gasteiger partial charge in [0.15, 0.2) is 0 Å². The molecule has 2 atom stereocenters. The highest BCUT2D eigenvalue weighted by atomic mass is 15.3. The zero-order valence-electron chi connectivity index (χ0n) is 7.09. The van der Waals surface area contributed by atoms with Gasteiger partial charge in [-0.1, -0.05) is 0 Å². The summed E-state index contributed by atoms with van der Waals surface area (Å²) in [5.74, 6) is 0. The van der Waals surface area contributed by atoms with E-state index in [-0.39, 0.29) is 6.17 Å². The van der Waals surface area contributed by atoms with Crippen LogP contribution in [0.3, 0.4) is 0 Å². The van der Waals surface area contributed by atoms with Gasteiger partial charge in [0, 0.05) is 32.2 Å². The Bertz CT molecular complexity index is 117. The lowest BCUT2D eigenvalue weighted by atomic mass is 10.2. The Hall–Kier alpha value is -0.160. The molecule has 0 saturated carbocycles. The molecule has 0 aromatic heterocycles. The quantitative estimate of drug-likeness (QED) is 0.459. The molecule has 0 aliphatic carbocycles. The zero-order valence-corrected chi connectivity index (χ0v) is 7.09. The van der Waals surface area contributed by atoms with Crippen LogP contribution < -0.4 is 16.8 Å². The second kappa shape index (κ2) is 4.01. The first-order chi connectivity index (χ1) is 5.24. The lowest BCUT2D eigenvalue weighted by molar-refractivity contribution is 0.158. The Morgan fingerprint density at radius 1 is 1.73 bits per heavy atom. The summed E-state index contributed by atoms with van der Waals surface area (Å²) in [4.78, 5) is 2.32. The second-order valence-corrected chi connectivity index (χ2v) is 3.14. The third kappa shape index (κ3) is 2.41. The normalized spacial score (nSPS) is 30.3. The summed E-state index contributed by atoms with van der Waals surface area (Å²) in [5, 5.41) is 3.19. The van der Waals surface area contributed by atoms with Gasteiger partial charge in [0.25, 0.3) is 0 Å². The number of nitrogens with zero attached hydrogens (tertiary/aromatic N) is 1. The van der Waals surface area contributed by atoms with Gasteiger partial charge in [0.1, 0.15) is 0 Å². The molecule has 2 unspecified atom stereocenters. The molecule has 4 nitrogen and oxygen atoms in total. The van der Waals surface area contributed by atoms with Crippen molar-refractivity contribution in [2.45, 2.75) is 19.1 Å². The summed E-state index contributed by atoms with van der Waals surface area (Å²) in [5.41, 5.74) is 11.3. The van der Waals surface area contributed by atoms with Gasteiger partial charge in [0.2, 0.25) is 0 Å². The minimum absolute atomic E-state index is 0.123. The summed E-state index contributed by atoms with van der Waals surface area (Å²) in [6.07, 6.45) is 0.123. The first-order valence-electron chi connectivity index (χ1n) is 4.17. The molecule has 66 valence electrons. The van der Waals surface area contributed by atoms with Crippen LogP contribution in [0, 0.1) is 0 Å². The van der Waals surface area contributed by atoms with E-state index >= 15 is 0 Å². The van der Waals surface area contributed by atoms with Gasteiger partial charge in [-0.2, -0.15) is 0 Å². The SMILES string of the molecule is CC(CN)N1CCNC(N)C1. The molecule has 0 spiro atoms. The van der Waals surface area contributed by atoms with Crippen molar-refractivity contribution in [2.75, 3.05) is 26.2 Å². The highest BCUT2D eigenvalue weighted by Gasteiger charge is 2.19. The molecule has 0 aromatic carbocycles. The van der Waals surface area contributed by atoms with Gasteiger partial charge < -0.3 is 11.5 Å². The van der Waals surface area contributed by atoms with Crippen molar-refractivity contribution in [2.24, 2.45) is 11.5 Å². The van der Waals surface area contributed by atoms with Crippen LogP contribution >= 0.6 is 0 Å². The monoisotopic (exact) mass is 158 g/mol. The maximum atomic E-state index is 5.72. The van der Waals surface area contributed by atoms with Crippen LogP contribution in [0.15, 0.2) is 0 Å². The van der Waals surface area contributed by atoms with Crippen molar-refractivity contribution in [3.63, 3.8) is 0 Å². The lowest BCUT2D eigenvalue weighted by Crippen LogP contribution is -2.58. The molecule has 4 heteroatoms.